The van der Waals surface area contributed by atoms with Gasteiger partial charge < -0.3 is 15.3 Å². The van der Waals surface area contributed by atoms with Crippen molar-refractivity contribution in [1.29, 1.82) is 0 Å². The molecule has 0 radical (unpaired) electrons. The second-order valence-corrected chi connectivity index (χ2v) is 3.11. The smallest absolute Gasteiger partial charge is 0.329 e. The molecule has 0 spiro atoms. The Morgan fingerprint density at radius 2 is 1.40 bits per heavy atom. The Hall–Kier alpha value is -1.10. The van der Waals surface area contributed by atoms with Gasteiger partial charge in [0.25, 0.3) is 0 Å². The number of carboxylic acid groups (broad SMARTS) is 2. The summed E-state index contributed by atoms with van der Waals surface area (Å²) in [6.45, 7) is 1.37. The molecule has 90 valence electrons. The first-order valence-corrected chi connectivity index (χ1v) is 5.09. The van der Waals surface area contributed by atoms with Crippen molar-refractivity contribution in [3.8, 4) is 0 Å². The second-order valence-electron chi connectivity index (χ2n) is 3.11. The van der Waals surface area contributed by atoms with Gasteiger partial charge >= 0.3 is 11.9 Å². The van der Waals surface area contributed by atoms with E-state index in [2.05, 4.69) is 6.92 Å². The summed E-state index contributed by atoms with van der Waals surface area (Å²) in [6, 6.07) is 0. The molecule has 3 N–H and O–H groups in total. The van der Waals surface area contributed by atoms with Crippen LogP contribution in [0.2, 0.25) is 0 Å². The zero-order valence-electron chi connectivity index (χ0n) is 9.11. The van der Waals surface area contributed by atoms with Crippen LogP contribution < -0.4 is 0 Å². The van der Waals surface area contributed by atoms with Crippen LogP contribution in [-0.4, -0.2) is 33.9 Å². The second kappa shape index (κ2) is 12.9. The lowest BCUT2D eigenvalue weighted by atomic mass is 10.1. The third kappa shape index (κ3) is 24.6. The molecular formula is C10H20O5. The molecule has 15 heavy (non-hydrogen) atoms. The van der Waals surface area contributed by atoms with Crippen LogP contribution in [0.5, 0.6) is 0 Å². The number of carboxylic acids is 2. The highest BCUT2D eigenvalue weighted by atomic mass is 16.4. The van der Waals surface area contributed by atoms with E-state index in [1.807, 2.05) is 0 Å². The topological polar surface area (TPSA) is 94.8 Å². The Labute approximate surface area is 89.7 Å². The van der Waals surface area contributed by atoms with Crippen LogP contribution in [0.4, 0.5) is 0 Å². The number of hydrogen-bond donors (Lipinski definition) is 3. The van der Waals surface area contributed by atoms with Crippen molar-refractivity contribution in [3.05, 3.63) is 0 Å². The quantitative estimate of drug-likeness (QED) is 0.565. The van der Waals surface area contributed by atoms with Crippen molar-refractivity contribution in [2.45, 2.75) is 45.4 Å². The molecule has 0 saturated heterocycles. The van der Waals surface area contributed by atoms with Gasteiger partial charge in [-0.2, -0.15) is 0 Å². The third-order valence-electron chi connectivity index (χ3n) is 1.63. The Morgan fingerprint density at radius 3 is 1.73 bits per heavy atom. The average Bonchev–Trinajstić information content (AvgIpc) is 2.18. The standard InChI is InChI=1S/C8H16O2.C2H4O3/c1-2-3-4-5-6-7-8(9)10;3-1-2(4)5/h2-7H2,1H3,(H,9,10);3H,1H2,(H,4,5). The minimum Gasteiger partial charge on any atom is -0.481 e. The van der Waals surface area contributed by atoms with Crippen LogP contribution in [0.1, 0.15) is 45.4 Å². The maximum absolute atomic E-state index is 10.0. The molecule has 0 fully saturated rings. The molecule has 0 rings (SSSR count). The number of aliphatic hydroxyl groups excluding tert-OH is 1. The summed E-state index contributed by atoms with van der Waals surface area (Å²) in [7, 11) is 0. The van der Waals surface area contributed by atoms with Gasteiger partial charge in [-0.05, 0) is 6.42 Å². The van der Waals surface area contributed by atoms with E-state index in [0.717, 1.165) is 12.8 Å². The molecule has 0 unspecified atom stereocenters. The molecule has 0 aliphatic heterocycles. The Balaban J connectivity index is 0. The van der Waals surface area contributed by atoms with Gasteiger partial charge in [0.1, 0.15) is 6.61 Å². The van der Waals surface area contributed by atoms with Crippen molar-refractivity contribution in [3.63, 3.8) is 0 Å². The van der Waals surface area contributed by atoms with E-state index in [1.165, 1.54) is 19.3 Å². The van der Waals surface area contributed by atoms with Crippen LogP contribution in [0.25, 0.3) is 0 Å². The largest absolute Gasteiger partial charge is 0.481 e. The zero-order valence-corrected chi connectivity index (χ0v) is 9.11. The first-order valence-electron chi connectivity index (χ1n) is 5.09. The summed E-state index contributed by atoms with van der Waals surface area (Å²) in [5.41, 5.74) is 0. The lowest BCUT2D eigenvalue weighted by Gasteiger charge is -1.95. The van der Waals surface area contributed by atoms with Gasteiger partial charge in [0, 0.05) is 6.42 Å². The Kier molecular flexibility index (Phi) is 14.0. The van der Waals surface area contributed by atoms with Crippen molar-refractivity contribution < 1.29 is 24.9 Å². The fourth-order valence-corrected chi connectivity index (χ4v) is 0.880. The van der Waals surface area contributed by atoms with E-state index < -0.39 is 18.5 Å². The molecule has 0 aromatic rings. The maximum Gasteiger partial charge on any atom is 0.329 e. The van der Waals surface area contributed by atoms with E-state index in [4.69, 9.17) is 20.1 Å². The minimum atomic E-state index is -1.19. The van der Waals surface area contributed by atoms with Gasteiger partial charge in [-0.15, -0.1) is 0 Å². The van der Waals surface area contributed by atoms with Crippen LogP contribution in [-0.2, 0) is 9.59 Å². The number of aliphatic hydroxyl groups is 1. The molecule has 0 aliphatic rings. The number of unbranched alkanes of at least 4 members (excludes halogenated alkanes) is 4. The third-order valence-corrected chi connectivity index (χ3v) is 1.63. The molecule has 0 aromatic carbocycles. The van der Waals surface area contributed by atoms with Gasteiger partial charge in [0.05, 0.1) is 0 Å². The monoisotopic (exact) mass is 220 g/mol. The number of carbonyl (C=O) groups is 2. The van der Waals surface area contributed by atoms with Gasteiger partial charge in [-0.25, -0.2) is 4.79 Å². The highest BCUT2D eigenvalue weighted by Crippen LogP contribution is 2.04. The summed E-state index contributed by atoms with van der Waals surface area (Å²) in [4.78, 5) is 19.2. The lowest BCUT2D eigenvalue weighted by molar-refractivity contribution is -0.140. The fourth-order valence-electron chi connectivity index (χ4n) is 0.880. The van der Waals surface area contributed by atoms with Crippen molar-refractivity contribution in [1.82, 2.24) is 0 Å². The predicted molar refractivity (Wildman–Crippen MR) is 55.7 cm³/mol. The van der Waals surface area contributed by atoms with E-state index >= 15 is 0 Å². The minimum absolute atomic E-state index is 0.337. The van der Waals surface area contributed by atoms with Gasteiger partial charge in [0.15, 0.2) is 0 Å². The summed E-state index contributed by atoms with van der Waals surface area (Å²) in [5, 5.41) is 23.3. The SMILES string of the molecule is CCCCCCCC(=O)O.O=C(O)CO. The summed E-state index contributed by atoms with van der Waals surface area (Å²) >= 11 is 0. The highest BCUT2D eigenvalue weighted by molar-refractivity contribution is 5.67. The first kappa shape index (κ1) is 16.3. The van der Waals surface area contributed by atoms with Crippen LogP contribution >= 0.6 is 0 Å². The predicted octanol–water partition coefficient (Wildman–Crippen LogP) is 1.49. The van der Waals surface area contributed by atoms with Crippen LogP contribution in [0.3, 0.4) is 0 Å². The van der Waals surface area contributed by atoms with E-state index in [0.29, 0.717) is 6.42 Å². The molecular weight excluding hydrogens is 200 g/mol. The first-order chi connectivity index (χ1) is 7.04. The Bertz CT molecular complexity index is 167. The van der Waals surface area contributed by atoms with Crippen molar-refractivity contribution >= 4 is 11.9 Å². The van der Waals surface area contributed by atoms with Gasteiger partial charge in [0.2, 0.25) is 0 Å². The van der Waals surface area contributed by atoms with E-state index in [9.17, 15) is 4.79 Å². The highest BCUT2D eigenvalue weighted by Gasteiger charge is 1.94. The summed E-state index contributed by atoms with van der Waals surface area (Å²) in [6.07, 6.45) is 5.88. The molecule has 0 bridgehead atoms. The molecule has 0 amide bonds. The van der Waals surface area contributed by atoms with Gasteiger partial charge in [-0.1, -0.05) is 32.6 Å². The molecule has 0 heterocycles. The zero-order chi connectivity index (χ0) is 12.1. The number of aliphatic carboxylic acids is 2. The van der Waals surface area contributed by atoms with E-state index in [1.54, 1.807) is 0 Å². The maximum atomic E-state index is 10.0. The van der Waals surface area contributed by atoms with Gasteiger partial charge in [-0.3, -0.25) is 4.79 Å². The molecule has 0 aliphatic carbocycles. The van der Waals surface area contributed by atoms with Crippen LogP contribution in [0, 0.1) is 0 Å². The normalized spacial score (nSPS) is 8.93. The number of hydrogen-bond acceptors (Lipinski definition) is 3. The fraction of sp³-hybridized carbons (Fsp3) is 0.800. The summed E-state index contributed by atoms with van der Waals surface area (Å²) < 4.78 is 0. The summed E-state index contributed by atoms with van der Waals surface area (Å²) in [5.74, 6) is -1.86. The lowest BCUT2D eigenvalue weighted by Crippen LogP contribution is -1.98. The van der Waals surface area contributed by atoms with Crippen LogP contribution in [0.15, 0.2) is 0 Å². The average molecular weight is 220 g/mol. The Morgan fingerprint density at radius 1 is 0.933 bits per heavy atom. The van der Waals surface area contributed by atoms with E-state index in [-0.39, 0.29) is 0 Å². The molecule has 0 atom stereocenters. The molecule has 0 saturated carbocycles. The van der Waals surface area contributed by atoms with Crippen molar-refractivity contribution in [2.24, 2.45) is 0 Å². The molecule has 5 nitrogen and oxygen atoms in total. The molecule has 5 heteroatoms. The number of rotatable bonds is 7. The molecule has 0 aromatic heterocycles. The van der Waals surface area contributed by atoms with Crippen molar-refractivity contribution in [2.75, 3.05) is 6.61 Å².